The van der Waals surface area contributed by atoms with Crippen LogP contribution < -0.4 is 24.8 Å². The number of alkyl halides is 6. The molecule has 1 N–H and O–H groups in total. The number of carbonyl (C=O) groups is 1. The number of nitrogens with zero attached hydrogens (tertiary/aromatic N) is 5. The van der Waals surface area contributed by atoms with E-state index in [-0.39, 0.29) is 22.3 Å². The quantitative estimate of drug-likeness (QED) is 0.182. The number of hydrogen-bond donors (Lipinski definition) is 1. The zero-order valence-corrected chi connectivity index (χ0v) is 31.6. The van der Waals surface area contributed by atoms with Crippen LogP contribution in [0.5, 0.6) is 5.75 Å². The van der Waals surface area contributed by atoms with Crippen LogP contribution in [0, 0.1) is 0 Å². The number of piperidine rings is 2. The van der Waals surface area contributed by atoms with Gasteiger partial charge in [0, 0.05) is 43.3 Å². The Kier molecular flexibility index (Phi) is 10.4. The molecular weight excluding hydrogens is 793 g/mol. The number of pyridine rings is 2. The van der Waals surface area contributed by atoms with Gasteiger partial charge in [0.05, 0.1) is 50.0 Å². The van der Waals surface area contributed by atoms with Crippen LogP contribution in [0.1, 0.15) is 36.8 Å². The van der Waals surface area contributed by atoms with Gasteiger partial charge in [-0.25, -0.2) is 14.8 Å². The first-order chi connectivity index (χ1) is 27.2. The Morgan fingerprint density at radius 1 is 0.702 bits per heavy atom. The molecule has 2 saturated heterocycles. The third-order valence-corrected chi connectivity index (χ3v) is 11.0. The molecule has 4 aliphatic rings. The highest BCUT2D eigenvalue weighted by Gasteiger charge is 2.40. The van der Waals surface area contributed by atoms with Crippen molar-refractivity contribution in [2.45, 2.75) is 50.1 Å². The standard InChI is InChI=1S/C24H19ClF3N3O2.C17H15ClF3N3/c25-19-13-20-22(29-21(19)15-6-4-7-16(12-15)24(26,27)28)31(17-8-5-11-30(20)14-17)23(32)33-18-9-2-1-3-10-18;18-13-8-14-16(22-12-5-2-6-24(14)9-12)23-15(13)10-3-1-4-11(7-10)17(19,20)21/h1-4,6-7,9-10,12-13,17H,5,8,11,14H2;1,3-4,7-8,12H,2,5-6,9H2,(H,22,23)/t17-;12-/m00/s1. The molecule has 8 nitrogen and oxygen atoms in total. The number of para-hydroxylation sites is 1. The number of hydrogen-bond acceptors (Lipinski definition) is 7. The molecule has 6 heterocycles. The number of nitrogens with one attached hydrogen (secondary N) is 1. The highest BCUT2D eigenvalue weighted by molar-refractivity contribution is 6.34. The SMILES string of the molecule is FC(F)(F)c1cccc(-c2nc3c(cc2Cl)N2CCC[C@@H](C2)N3)c1.O=C(Oc1ccccc1)N1c2nc(-c3cccc(C(F)(F)F)c3)c(Cl)cc2N2CCC[C@H]1C2. The fraction of sp³-hybridized carbons (Fsp3) is 0.293. The molecule has 5 aromatic rings. The molecular formula is C41H34Cl2F6N6O2. The van der Waals surface area contributed by atoms with Gasteiger partial charge in [-0.15, -0.1) is 0 Å². The predicted octanol–water partition coefficient (Wildman–Crippen LogP) is 11.2. The van der Waals surface area contributed by atoms with E-state index in [9.17, 15) is 31.1 Å². The van der Waals surface area contributed by atoms with Crippen molar-refractivity contribution >= 4 is 52.3 Å². The Bertz CT molecular complexity index is 2310. The number of rotatable bonds is 3. The lowest BCUT2D eigenvalue weighted by Crippen LogP contribution is -2.55. The van der Waals surface area contributed by atoms with Crippen LogP contribution >= 0.6 is 23.2 Å². The second-order valence-electron chi connectivity index (χ2n) is 14.2. The molecule has 296 valence electrons. The fourth-order valence-corrected chi connectivity index (χ4v) is 8.24. The summed E-state index contributed by atoms with van der Waals surface area (Å²) in [6.07, 6.45) is -5.65. The minimum absolute atomic E-state index is 0.162. The first-order valence-electron chi connectivity index (χ1n) is 18.3. The number of ether oxygens (including phenoxy) is 1. The van der Waals surface area contributed by atoms with Crippen molar-refractivity contribution in [3.63, 3.8) is 0 Å². The molecule has 1 amide bonds. The van der Waals surface area contributed by atoms with Gasteiger partial charge in [-0.2, -0.15) is 26.3 Å². The number of fused-ring (bicyclic) bond motifs is 8. The van der Waals surface area contributed by atoms with Gasteiger partial charge in [0.25, 0.3) is 0 Å². The smallest absolute Gasteiger partial charge is 0.410 e. The van der Waals surface area contributed by atoms with Crippen molar-refractivity contribution in [2.75, 3.05) is 46.2 Å². The van der Waals surface area contributed by atoms with Crippen molar-refractivity contribution in [3.05, 3.63) is 112 Å². The summed E-state index contributed by atoms with van der Waals surface area (Å²) in [7, 11) is 0. The third kappa shape index (κ3) is 8.02. The van der Waals surface area contributed by atoms with Crippen LogP contribution in [-0.4, -0.2) is 54.3 Å². The Balaban J connectivity index is 0.000000168. The molecule has 2 aromatic heterocycles. The summed E-state index contributed by atoms with van der Waals surface area (Å²) in [5, 5.41) is 3.95. The van der Waals surface area contributed by atoms with E-state index in [1.807, 2.05) is 6.07 Å². The van der Waals surface area contributed by atoms with Crippen molar-refractivity contribution in [3.8, 4) is 28.3 Å². The molecule has 0 saturated carbocycles. The Morgan fingerprint density at radius 2 is 1.28 bits per heavy atom. The highest BCUT2D eigenvalue weighted by atomic mass is 35.5. The van der Waals surface area contributed by atoms with E-state index in [0.29, 0.717) is 51.9 Å². The maximum Gasteiger partial charge on any atom is 0.421 e. The van der Waals surface area contributed by atoms with Crippen LogP contribution in [0.3, 0.4) is 0 Å². The number of anilines is 4. The van der Waals surface area contributed by atoms with E-state index >= 15 is 0 Å². The van der Waals surface area contributed by atoms with Crippen molar-refractivity contribution < 1.29 is 35.9 Å². The van der Waals surface area contributed by atoms with Gasteiger partial charge in [-0.1, -0.05) is 65.7 Å². The summed E-state index contributed by atoms with van der Waals surface area (Å²) in [5.41, 5.74) is 1.23. The van der Waals surface area contributed by atoms with E-state index in [1.54, 1.807) is 42.5 Å². The van der Waals surface area contributed by atoms with Crippen molar-refractivity contribution in [2.24, 2.45) is 0 Å². The average Bonchev–Trinajstić information content (AvgIpc) is 3.18. The fourth-order valence-electron chi connectivity index (χ4n) is 7.73. The molecule has 0 spiro atoms. The monoisotopic (exact) mass is 826 g/mol. The van der Waals surface area contributed by atoms with E-state index in [4.69, 9.17) is 27.9 Å². The van der Waals surface area contributed by atoms with Crippen LogP contribution in [-0.2, 0) is 12.4 Å². The van der Waals surface area contributed by atoms with Gasteiger partial charge >= 0.3 is 18.4 Å². The summed E-state index contributed by atoms with van der Waals surface area (Å²) >= 11 is 12.8. The molecule has 2 atom stereocenters. The topological polar surface area (TPSA) is 73.8 Å². The second-order valence-corrected chi connectivity index (χ2v) is 15.0. The van der Waals surface area contributed by atoms with Crippen LogP contribution in [0.15, 0.2) is 91.0 Å². The lowest BCUT2D eigenvalue weighted by molar-refractivity contribution is -0.138. The van der Waals surface area contributed by atoms with Gasteiger partial charge in [0.2, 0.25) is 0 Å². The van der Waals surface area contributed by atoms with Crippen molar-refractivity contribution in [1.29, 1.82) is 0 Å². The number of benzene rings is 3. The maximum atomic E-state index is 13.3. The summed E-state index contributed by atoms with van der Waals surface area (Å²) in [4.78, 5) is 28.2. The lowest BCUT2D eigenvalue weighted by Gasteiger charge is -2.45. The minimum Gasteiger partial charge on any atom is -0.410 e. The molecule has 0 radical (unpaired) electrons. The third-order valence-electron chi connectivity index (χ3n) is 10.4. The summed E-state index contributed by atoms with van der Waals surface area (Å²) in [5.74, 6) is 1.43. The van der Waals surface area contributed by atoms with Gasteiger partial charge in [-0.3, -0.25) is 4.90 Å². The van der Waals surface area contributed by atoms with Crippen molar-refractivity contribution in [1.82, 2.24) is 9.97 Å². The van der Waals surface area contributed by atoms with Gasteiger partial charge in [-0.05, 0) is 74.2 Å². The zero-order valence-electron chi connectivity index (χ0n) is 30.0. The molecule has 4 bridgehead atoms. The Hall–Kier alpha value is -5.21. The predicted molar refractivity (Wildman–Crippen MR) is 208 cm³/mol. The van der Waals surface area contributed by atoms with Crippen LogP contribution in [0.2, 0.25) is 10.0 Å². The zero-order chi connectivity index (χ0) is 40.1. The largest absolute Gasteiger partial charge is 0.421 e. The van der Waals surface area contributed by atoms with Crippen LogP contribution in [0.25, 0.3) is 22.5 Å². The molecule has 57 heavy (non-hydrogen) atoms. The number of amides is 1. The molecule has 0 unspecified atom stereocenters. The van der Waals surface area contributed by atoms with E-state index in [2.05, 4.69) is 25.1 Å². The number of halogens is 8. The number of carbonyl (C=O) groups excluding carboxylic acids is 1. The Labute approximate surface area is 334 Å². The normalized spacial score (nSPS) is 18.4. The molecule has 4 aliphatic heterocycles. The van der Waals surface area contributed by atoms with E-state index in [0.717, 1.165) is 75.3 Å². The maximum absolute atomic E-state index is 13.3. The highest BCUT2D eigenvalue weighted by Crippen LogP contribution is 2.44. The Morgan fingerprint density at radius 3 is 1.91 bits per heavy atom. The second kappa shape index (κ2) is 15.3. The van der Waals surface area contributed by atoms with Crippen LogP contribution in [0.4, 0.5) is 54.1 Å². The summed E-state index contributed by atoms with van der Waals surface area (Å²) in [6.45, 7) is 3.25. The average molecular weight is 828 g/mol. The molecule has 0 aliphatic carbocycles. The van der Waals surface area contributed by atoms with Gasteiger partial charge in [0.1, 0.15) is 5.75 Å². The number of aromatic nitrogens is 2. The molecule has 9 rings (SSSR count). The summed E-state index contributed by atoms with van der Waals surface area (Å²) in [6, 6.07) is 22.3. The molecule has 2 fully saturated rings. The lowest BCUT2D eigenvalue weighted by atomic mass is 9.99. The first-order valence-corrected chi connectivity index (χ1v) is 19.1. The van der Waals surface area contributed by atoms with E-state index in [1.165, 1.54) is 23.1 Å². The molecule has 3 aromatic carbocycles. The van der Waals surface area contributed by atoms with Gasteiger partial charge < -0.3 is 19.9 Å². The minimum atomic E-state index is -4.50. The molecule has 16 heteroatoms. The summed E-state index contributed by atoms with van der Waals surface area (Å²) < 4.78 is 84.2. The first kappa shape index (κ1) is 38.7. The van der Waals surface area contributed by atoms with E-state index < -0.39 is 29.6 Å². The van der Waals surface area contributed by atoms with Gasteiger partial charge in [0.15, 0.2) is 11.6 Å².